The first kappa shape index (κ1) is 23.7. The Labute approximate surface area is 198 Å². The molecule has 2 aromatic heterocycles. The third-order valence-corrected chi connectivity index (χ3v) is 6.60. The number of piperidine rings is 1. The summed E-state index contributed by atoms with van der Waals surface area (Å²) in [6.07, 6.45) is 5.30. The molecule has 0 saturated carbocycles. The number of halogens is 1. The fourth-order valence-electron chi connectivity index (χ4n) is 4.62. The van der Waals surface area contributed by atoms with Gasteiger partial charge in [0.15, 0.2) is 0 Å². The third-order valence-electron chi connectivity index (χ3n) is 6.60. The summed E-state index contributed by atoms with van der Waals surface area (Å²) in [6.45, 7) is 1.67. The zero-order valence-electron chi connectivity index (χ0n) is 19.4. The van der Waals surface area contributed by atoms with Gasteiger partial charge in [-0.05, 0) is 67.5 Å². The number of carbonyl (C=O) groups is 1. The SMILES string of the molecule is COc1ccc2nccc(C(F)CC[C@@H]3CCN(CC#Cc4cncn4C)C[C@@H]3C(=O)O)c2c1. The number of carboxylic acid groups (broad SMARTS) is 1. The number of ether oxygens (including phenoxy) is 1. The number of imidazole rings is 1. The molecule has 0 aliphatic carbocycles. The lowest BCUT2D eigenvalue weighted by atomic mass is 9.81. The second kappa shape index (κ2) is 10.7. The molecule has 3 heterocycles. The van der Waals surface area contributed by atoms with Crippen LogP contribution in [0.25, 0.3) is 10.9 Å². The van der Waals surface area contributed by atoms with E-state index in [-0.39, 0.29) is 12.3 Å². The van der Waals surface area contributed by atoms with Gasteiger partial charge in [0.2, 0.25) is 0 Å². The first-order valence-corrected chi connectivity index (χ1v) is 11.4. The number of hydrogen-bond donors (Lipinski definition) is 1. The summed E-state index contributed by atoms with van der Waals surface area (Å²) in [5, 5.41) is 10.6. The Kier molecular flexibility index (Phi) is 7.43. The molecule has 1 fully saturated rings. The number of aryl methyl sites for hydroxylation is 1. The van der Waals surface area contributed by atoms with Crippen molar-refractivity contribution in [1.29, 1.82) is 0 Å². The number of likely N-dealkylation sites (tertiary alicyclic amines) is 1. The molecule has 1 N–H and O–H groups in total. The number of alkyl halides is 1. The van der Waals surface area contributed by atoms with Gasteiger partial charge in [-0.15, -0.1) is 0 Å². The van der Waals surface area contributed by atoms with Gasteiger partial charge in [-0.2, -0.15) is 0 Å². The Morgan fingerprint density at radius 3 is 2.97 bits per heavy atom. The van der Waals surface area contributed by atoms with Crippen molar-refractivity contribution in [3.63, 3.8) is 0 Å². The molecule has 1 saturated heterocycles. The van der Waals surface area contributed by atoms with Crippen molar-refractivity contribution < 1.29 is 19.0 Å². The first-order valence-electron chi connectivity index (χ1n) is 11.4. The Morgan fingerprint density at radius 1 is 1.38 bits per heavy atom. The van der Waals surface area contributed by atoms with Crippen LogP contribution in [-0.2, 0) is 11.8 Å². The lowest BCUT2D eigenvalue weighted by Gasteiger charge is -2.35. The topological polar surface area (TPSA) is 80.5 Å². The number of rotatable bonds is 7. The molecule has 1 unspecified atom stereocenters. The summed E-state index contributed by atoms with van der Waals surface area (Å²) < 4.78 is 22.5. The molecule has 8 heteroatoms. The predicted molar refractivity (Wildman–Crippen MR) is 127 cm³/mol. The van der Waals surface area contributed by atoms with Gasteiger partial charge in [-0.25, -0.2) is 9.37 Å². The predicted octanol–water partition coefficient (Wildman–Crippen LogP) is 3.84. The maximum atomic E-state index is 15.3. The molecule has 3 aromatic rings. The van der Waals surface area contributed by atoms with Crippen LogP contribution in [0.4, 0.5) is 4.39 Å². The van der Waals surface area contributed by atoms with Crippen LogP contribution in [0.5, 0.6) is 5.75 Å². The van der Waals surface area contributed by atoms with E-state index < -0.39 is 18.1 Å². The molecule has 3 atom stereocenters. The minimum absolute atomic E-state index is 0.0697. The van der Waals surface area contributed by atoms with Crippen molar-refractivity contribution in [2.75, 3.05) is 26.7 Å². The standard InChI is InChI=1S/C26H29FN4O3/c1-30-17-28-15-19(30)4-3-12-31-13-10-18(23(16-31)26(32)33)5-7-24(27)21-9-11-29-25-8-6-20(34-2)14-22(21)25/h6,8-9,11,14-15,17-18,23-24H,5,7,10,12-13,16H2,1-2H3,(H,32,33)/t18-,23+,24?/m1/s1. The van der Waals surface area contributed by atoms with Crippen molar-refractivity contribution in [3.8, 4) is 17.6 Å². The summed E-state index contributed by atoms with van der Waals surface area (Å²) in [6, 6.07) is 7.12. The Balaban J connectivity index is 1.38. The van der Waals surface area contributed by atoms with Gasteiger partial charge in [0.05, 0.1) is 37.6 Å². The lowest BCUT2D eigenvalue weighted by Crippen LogP contribution is -2.44. The van der Waals surface area contributed by atoms with Gasteiger partial charge >= 0.3 is 5.97 Å². The fraction of sp³-hybridized carbons (Fsp3) is 0.423. The zero-order chi connectivity index (χ0) is 24.1. The highest BCUT2D eigenvalue weighted by atomic mass is 19.1. The van der Waals surface area contributed by atoms with E-state index in [0.717, 1.165) is 17.6 Å². The highest BCUT2D eigenvalue weighted by Gasteiger charge is 2.34. The Bertz CT molecular complexity index is 1220. The van der Waals surface area contributed by atoms with E-state index in [9.17, 15) is 9.90 Å². The van der Waals surface area contributed by atoms with Crippen LogP contribution in [0.2, 0.25) is 0 Å². The van der Waals surface area contributed by atoms with Gasteiger partial charge in [-0.3, -0.25) is 14.7 Å². The number of aliphatic carboxylic acids is 1. The number of nitrogens with zero attached hydrogens (tertiary/aromatic N) is 4. The quantitative estimate of drug-likeness (QED) is 0.535. The number of methoxy groups -OCH3 is 1. The van der Waals surface area contributed by atoms with Crippen molar-refractivity contribution >= 4 is 16.9 Å². The maximum Gasteiger partial charge on any atom is 0.308 e. The maximum absolute atomic E-state index is 15.3. The van der Waals surface area contributed by atoms with Crippen LogP contribution < -0.4 is 4.74 Å². The Hall–Kier alpha value is -3.44. The second-order valence-electron chi connectivity index (χ2n) is 8.75. The van der Waals surface area contributed by atoms with Gasteiger partial charge in [0.25, 0.3) is 0 Å². The van der Waals surface area contributed by atoms with Crippen LogP contribution >= 0.6 is 0 Å². The number of carboxylic acids is 1. The molecule has 0 radical (unpaired) electrons. The molecule has 1 aliphatic rings. The molecule has 0 bridgehead atoms. The van der Waals surface area contributed by atoms with E-state index in [2.05, 4.69) is 26.7 Å². The second-order valence-corrected chi connectivity index (χ2v) is 8.75. The van der Waals surface area contributed by atoms with Crippen molar-refractivity contribution in [2.24, 2.45) is 18.9 Å². The number of benzene rings is 1. The van der Waals surface area contributed by atoms with E-state index in [1.54, 1.807) is 44.0 Å². The molecular weight excluding hydrogens is 435 g/mol. The van der Waals surface area contributed by atoms with E-state index >= 15 is 4.39 Å². The minimum Gasteiger partial charge on any atom is -0.497 e. The summed E-state index contributed by atoms with van der Waals surface area (Å²) >= 11 is 0. The van der Waals surface area contributed by atoms with Crippen LogP contribution in [0.1, 0.15) is 36.7 Å². The number of pyridine rings is 1. The molecule has 0 spiro atoms. The molecule has 0 amide bonds. The zero-order valence-corrected chi connectivity index (χ0v) is 19.4. The monoisotopic (exact) mass is 464 g/mol. The van der Waals surface area contributed by atoms with E-state index in [0.29, 0.717) is 42.8 Å². The van der Waals surface area contributed by atoms with Gasteiger partial charge < -0.3 is 14.4 Å². The smallest absolute Gasteiger partial charge is 0.308 e. The van der Waals surface area contributed by atoms with E-state index in [1.165, 1.54) is 0 Å². The van der Waals surface area contributed by atoms with E-state index in [1.807, 2.05) is 17.7 Å². The van der Waals surface area contributed by atoms with Gasteiger partial charge in [0, 0.05) is 25.2 Å². The van der Waals surface area contributed by atoms with Crippen LogP contribution in [0, 0.1) is 23.7 Å². The van der Waals surface area contributed by atoms with Gasteiger partial charge in [-0.1, -0.05) is 5.92 Å². The molecule has 178 valence electrons. The summed E-state index contributed by atoms with van der Waals surface area (Å²) in [7, 11) is 3.46. The van der Waals surface area contributed by atoms with Gasteiger partial charge in [0.1, 0.15) is 17.6 Å². The molecule has 1 aliphatic heterocycles. The van der Waals surface area contributed by atoms with Crippen molar-refractivity contribution in [2.45, 2.75) is 25.4 Å². The minimum atomic E-state index is -1.20. The number of hydrogen-bond acceptors (Lipinski definition) is 5. The molecule has 1 aromatic carbocycles. The average molecular weight is 465 g/mol. The normalized spacial score (nSPS) is 19.4. The average Bonchev–Trinajstić information content (AvgIpc) is 3.26. The fourth-order valence-corrected chi connectivity index (χ4v) is 4.62. The molecular formula is C26H29FN4O3. The summed E-state index contributed by atoms with van der Waals surface area (Å²) in [5.74, 6) is 5.41. The Morgan fingerprint density at radius 2 is 2.24 bits per heavy atom. The highest BCUT2D eigenvalue weighted by molar-refractivity contribution is 5.83. The summed E-state index contributed by atoms with van der Waals surface area (Å²) in [5.41, 5.74) is 2.10. The number of fused-ring (bicyclic) bond motifs is 1. The van der Waals surface area contributed by atoms with Crippen LogP contribution in [-0.4, -0.2) is 57.3 Å². The first-order chi connectivity index (χ1) is 16.5. The van der Waals surface area contributed by atoms with Crippen LogP contribution in [0.15, 0.2) is 43.0 Å². The van der Waals surface area contributed by atoms with E-state index in [4.69, 9.17) is 4.74 Å². The molecule has 34 heavy (non-hydrogen) atoms. The van der Waals surface area contributed by atoms with Crippen molar-refractivity contribution in [1.82, 2.24) is 19.4 Å². The molecule has 7 nitrogen and oxygen atoms in total. The highest BCUT2D eigenvalue weighted by Crippen LogP contribution is 2.35. The number of aromatic nitrogens is 3. The largest absolute Gasteiger partial charge is 0.497 e. The summed E-state index contributed by atoms with van der Waals surface area (Å²) in [4.78, 5) is 22.4. The molecule has 4 rings (SSSR count). The van der Waals surface area contributed by atoms with Crippen LogP contribution in [0.3, 0.4) is 0 Å². The lowest BCUT2D eigenvalue weighted by molar-refractivity contribution is -0.146. The van der Waals surface area contributed by atoms with Crippen molar-refractivity contribution in [3.05, 3.63) is 54.2 Å². The third kappa shape index (κ3) is 5.37.